The van der Waals surface area contributed by atoms with Gasteiger partial charge < -0.3 is 14.5 Å². The van der Waals surface area contributed by atoms with Crippen molar-refractivity contribution >= 4 is 72.9 Å². The van der Waals surface area contributed by atoms with Crippen molar-refractivity contribution in [3.8, 4) is 0 Å². The van der Waals surface area contributed by atoms with Crippen molar-refractivity contribution in [3.05, 3.63) is 25.2 Å². The van der Waals surface area contributed by atoms with Crippen LogP contribution in [0.5, 0.6) is 0 Å². The molecule has 0 aliphatic carbocycles. The number of piperazine rings is 1. The zero-order valence-corrected chi connectivity index (χ0v) is 21.3. The summed E-state index contributed by atoms with van der Waals surface area (Å²) >= 11 is 11.4. The van der Waals surface area contributed by atoms with Gasteiger partial charge in [0.25, 0.3) is 0 Å². The van der Waals surface area contributed by atoms with E-state index in [-0.39, 0.29) is 29.0 Å². The second-order valence-electron chi connectivity index (χ2n) is 8.18. The van der Waals surface area contributed by atoms with Gasteiger partial charge in [-0.2, -0.15) is 4.98 Å². The number of carbonyl (C=O) groups excluding carboxylic acids is 1. The fourth-order valence-electron chi connectivity index (χ4n) is 3.35. The number of carbonyl (C=O) groups is 1. The third-order valence-electron chi connectivity index (χ3n) is 4.67. The Morgan fingerprint density at radius 1 is 1.31 bits per heavy atom. The molecule has 1 fully saturated rings. The van der Waals surface area contributed by atoms with Crippen LogP contribution in [0.1, 0.15) is 34.6 Å². The average molecular weight is 600 g/mol. The van der Waals surface area contributed by atoms with E-state index in [2.05, 4.69) is 48.5 Å². The van der Waals surface area contributed by atoms with Gasteiger partial charge in [0.2, 0.25) is 5.28 Å². The lowest BCUT2D eigenvalue weighted by Gasteiger charge is -2.44. The smallest absolute Gasteiger partial charge is 0.410 e. The molecule has 1 aliphatic heterocycles. The van der Waals surface area contributed by atoms with Crippen LogP contribution in [-0.4, -0.2) is 51.7 Å². The van der Waals surface area contributed by atoms with Gasteiger partial charge in [-0.25, -0.2) is 14.2 Å². The summed E-state index contributed by atoms with van der Waals surface area (Å²) in [4.78, 5) is 24.9. The number of ether oxygens (including phenoxy) is 1. The minimum absolute atomic E-state index is 0.0195. The van der Waals surface area contributed by atoms with Crippen LogP contribution >= 0.6 is 50.1 Å². The summed E-state index contributed by atoms with van der Waals surface area (Å²) in [6, 6.07) is 1.65. The molecule has 0 radical (unpaired) electrons. The number of hydrogen-bond acceptors (Lipinski definition) is 5. The molecule has 3 rings (SSSR count). The van der Waals surface area contributed by atoms with Gasteiger partial charge in [0.15, 0.2) is 5.82 Å². The van der Waals surface area contributed by atoms with Crippen molar-refractivity contribution in [3.63, 3.8) is 0 Å². The lowest BCUT2D eigenvalue weighted by molar-refractivity contribution is 0.0130. The van der Waals surface area contributed by atoms with E-state index in [9.17, 15) is 9.18 Å². The topological polar surface area (TPSA) is 58.6 Å². The fourth-order valence-corrected chi connectivity index (χ4v) is 4.36. The third kappa shape index (κ3) is 4.71. The minimum atomic E-state index is -0.560. The third-order valence-corrected chi connectivity index (χ3v) is 7.20. The predicted molar refractivity (Wildman–Crippen MR) is 124 cm³/mol. The molecule has 2 aromatic rings. The molecule has 0 N–H and O–H groups in total. The first-order valence-corrected chi connectivity index (χ1v) is 11.4. The van der Waals surface area contributed by atoms with E-state index in [4.69, 9.17) is 16.3 Å². The Kier molecular flexibility index (Phi) is 6.51. The lowest BCUT2D eigenvalue weighted by atomic mass is 10.1. The van der Waals surface area contributed by atoms with Crippen LogP contribution in [0.4, 0.5) is 15.0 Å². The molecule has 0 bridgehead atoms. The minimum Gasteiger partial charge on any atom is -0.444 e. The van der Waals surface area contributed by atoms with Gasteiger partial charge >= 0.3 is 6.09 Å². The summed E-state index contributed by atoms with van der Waals surface area (Å²) in [7, 11) is 0. The number of anilines is 1. The van der Waals surface area contributed by atoms with E-state index in [0.717, 1.165) is 0 Å². The van der Waals surface area contributed by atoms with Crippen LogP contribution in [0.3, 0.4) is 0 Å². The van der Waals surface area contributed by atoms with Gasteiger partial charge in [0.1, 0.15) is 16.9 Å². The molecule has 29 heavy (non-hydrogen) atoms. The molecule has 2 unspecified atom stereocenters. The molecule has 1 saturated heterocycles. The number of benzene rings is 1. The van der Waals surface area contributed by atoms with Crippen molar-refractivity contribution in [1.82, 2.24) is 14.9 Å². The zero-order chi connectivity index (χ0) is 21.7. The maximum absolute atomic E-state index is 14.8. The molecule has 1 aliphatic rings. The Labute approximate surface area is 196 Å². The first-order valence-electron chi connectivity index (χ1n) is 9.16. The van der Waals surface area contributed by atoms with Crippen molar-refractivity contribution in [2.45, 2.75) is 52.3 Å². The molecule has 158 valence electrons. The first-order chi connectivity index (χ1) is 13.4. The number of rotatable bonds is 1. The number of amides is 1. The summed E-state index contributed by atoms with van der Waals surface area (Å²) in [6.45, 7) is 10.4. The van der Waals surface area contributed by atoms with E-state index in [1.54, 1.807) is 4.90 Å². The van der Waals surface area contributed by atoms with Gasteiger partial charge in [0, 0.05) is 34.1 Å². The Bertz CT molecular complexity index is 972. The normalized spacial score (nSPS) is 20.3. The molecule has 0 saturated carbocycles. The van der Waals surface area contributed by atoms with Crippen LogP contribution < -0.4 is 4.90 Å². The van der Waals surface area contributed by atoms with Crippen LogP contribution in [0.2, 0.25) is 5.28 Å². The number of nitrogens with zero attached hydrogens (tertiary/aromatic N) is 4. The number of hydrogen-bond donors (Lipinski definition) is 0. The second kappa shape index (κ2) is 8.30. The summed E-state index contributed by atoms with van der Waals surface area (Å²) in [5.41, 5.74) is -0.392. The quantitative estimate of drug-likeness (QED) is 0.242. The van der Waals surface area contributed by atoms with E-state index in [1.807, 2.05) is 45.6 Å². The monoisotopic (exact) mass is 598 g/mol. The summed E-state index contributed by atoms with van der Waals surface area (Å²) < 4.78 is 21.4. The van der Waals surface area contributed by atoms with Gasteiger partial charge in [-0.15, -0.1) is 0 Å². The molecule has 1 aromatic carbocycles. The summed E-state index contributed by atoms with van der Waals surface area (Å²) in [5.74, 6) is 0.0954. The number of fused-ring (bicyclic) bond motifs is 1. The Morgan fingerprint density at radius 3 is 2.59 bits per heavy atom. The molecule has 10 heteroatoms. The highest BCUT2D eigenvalue weighted by Crippen LogP contribution is 2.35. The molecular weight excluding hydrogens is 577 g/mol. The lowest BCUT2D eigenvalue weighted by Crippen LogP contribution is -2.59. The largest absolute Gasteiger partial charge is 0.444 e. The van der Waals surface area contributed by atoms with Gasteiger partial charge in [0.05, 0.1) is 4.47 Å². The molecule has 6 nitrogen and oxygen atoms in total. The molecule has 1 amide bonds. The Hall–Kier alpha value is -0.940. The molecular formula is C19H22BrClFIN4O2. The average Bonchev–Trinajstić information content (AvgIpc) is 2.60. The van der Waals surface area contributed by atoms with Crippen LogP contribution in [-0.2, 0) is 4.74 Å². The van der Waals surface area contributed by atoms with Gasteiger partial charge in [-0.1, -0.05) is 0 Å². The number of aromatic nitrogens is 2. The fraction of sp³-hybridized carbons (Fsp3) is 0.526. The molecule has 2 heterocycles. The van der Waals surface area contributed by atoms with Crippen LogP contribution in [0, 0.1) is 9.39 Å². The molecule has 0 spiro atoms. The number of halogens is 4. The van der Waals surface area contributed by atoms with Crippen molar-refractivity contribution in [2.24, 2.45) is 0 Å². The summed E-state index contributed by atoms with van der Waals surface area (Å²) in [6.07, 6.45) is -0.341. The van der Waals surface area contributed by atoms with Crippen molar-refractivity contribution < 1.29 is 13.9 Å². The SMILES string of the molecule is CC1CN(c2nc(Cl)nc3c(F)c(Br)c(I)cc23)C(C)CN1C(=O)OC(C)(C)C. The summed E-state index contributed by atoms with van der Waals surface area (Å²) in [5, 5.41) is 0.568. The second-order valence-corrected chi connectivity index (χ2v) is 10.5. The van der Waals surface area contributed by atoms with E-state index in [0.29, 0.717) is 32.3 Å². The van der Waals surface area contributed by atoms with Gasteiger partial charge in [-0.3, -0.25) is 0 Å². The highest BCUT2D eigenvalue weighted by atomic mass is 127. The highest BCUT2D eigenvalue weighted by molar-refractivity contribution is 14.1. The van der Waals surface area contributed by atoms with Crippen LogP contribution in [0.25, 0.3) is 10.9 Å². The highest BCUT2D eigenvalue weighted by Gasteiger charge is 2.36. The van der Waals surface area contributed by atoms with E-state index >= 15 is 0 Å². The molecule has 2 atom stereocenters. The first kappa shape index (κ1) is 22.7. The molecule has 1 aromatic heterocycles. The Morgan fingerprint density at radius 2 is 1.97 bits per heavy atom. The maximum Gasteiger partial charge on any atom is 0.410 e. The standard InChI is InChI=1S/C19H22BrClFIN4O2/c1-9-8-27(18(28)29-19(3,4)5)10(2)7-26(9)16-11-6-12(23)13(20)14(22)15(11)24-17(21)25-16/h6,9-10H,7-8H2,1-5H3. The van der Waals surface area contributed by atoms with Crippen molar-refractivity contribution in [2.75, 3.05) is 18.0 Å². The maximum atomic E-state index is 14.8. The zero-order valence-electron chi connectivity index (χ0n) is 16.8. The predicted octanol–water partition coefficient (Wildman–Crippen LogP) is 5.62. The van der Waals surface area contributed by atoms with Crippen LogP contribution in [0.15, 0.2) is 10.5 Å². The Balaban J connectivity index is 1.98. The van der Waals surface area contributed by atoms with Gasteiger partial charge in [-0.05, 0) is 90.8 Å². The van der Waals surface area contributed by atoms with E-state index < -0.39 is 11.4 Å². The van der Waals surface area contributed by atoms with Crippen molar-refractivity contribution in [1.29, 1.82) is 0 Å². The van der Waals surface area contributed by atoms with E-state index in [1.165, 1.54) is 0 Å².